The highest BCUT2D eigenvalue weighted by Crippen LogP contribution is 2.62. The summed E-state index contributed by atoms with van der Waals surface area (Å²) in [7, 11) is 0. The Morgan fingerprint density at radius 2 is 2.10 bits per heavy atom. The van der Waals surface area contributed by atoms with Crippen LogP contribution >= 0.6 is 0 Å². The highest BCUT2D eigenvalue weighted by molar-refractivity contribution is 5.94. The highest BCUT2D eigenvalue weighted by atomic mass is 16.5. The molecule has 0 bridgehead atoms. The second kappa shape index (κ2) is 7.84. The van der Waals surface area contributed by atoms with Crippen LogP contribution in [-0.2, 0) is 4.74 Å². The minimum Gasteiger partial charge on any atom is -0.381 e. The van der Waals surface area contributed by atoms with Crippen LogP contribution in [0.3, 0.4) is 0 Å². The van der Waals surface area contributed by atoms with Gasteiger partial charge in [-0.3, -0.25) is 4.79 Å². The predicted octanol–water partition coefficient (Wildman–Crippen LogP) is 3.06. The lowest BCUT2D eigenvalue weighted by molar-refractivity contribution is 0.0926. The van der Waals surface area contributed by atoms with E-state index in [-0.39, 0.29) is 11.9 Å². The summed E-state index contributed by atoms with van der Waals surface area (Å²) in [5, 5.41) is 21.0. The minimum atomic E-state index is -0.0486. The molecule has 3 fully saturated rings. The Labute approximate surface area is 176 Å². The van der Waals surface area contributed by atoms with Gasteiger partial charge in [0, 0.05) is 30.3 Å². The van der Waals surface area contributed by atoms with E-state index in [1.54, 1.807) is 24.3 Å². The number of amides is 1. The lowest BCUT2D eigenvalue weighted by Crippen LogP contribution is -2.37. The zero-order chi connectivity index (χ0) is 20.7. The van der Waals surface area contributed by atoms with Crippen LogP contribution in [0.2, 0.25) is 0 Å². The number of rotatable bonds is 6. The molecule has 2 saturated carbocycles. The fourth-order valence-electron chi connectivity index (χ4n) is 5.52. The first-order chi connectivity index (χ1) is 14.7. The lowest BCUT2D eigenvalue weighted by Gasteiger charge is -2.21. The molecule has 2 aromatic rings. The van der Waals surface area contributed by atoms with Crippen LogP contribution in [0.5, 0.6) is 0 Å². The number of nitrogens with zero attached hydrogens (tertiary/aromatic N) is 4. The standard InChI is InChI=1S/C23H27N5O2/c1-2-20(25-23(29)15-5-3-14(11-24)4-6-15)22-18-9-17(10-19(18)22)28-12-21(26-27-28)16-7-8-30-13-16/h3-6,12,16-20,22H,2,7-10,13H2,1H3,(H,25,29)/t16-,17?,18+,19+,20+,22?/m0/s1. The van der Waals surface area contributed by atoms with Gasteiger partial charge in [0.2, 0.25) is 0 Å². The van der Waals surface area contributed by atoms with E-state index in [1.807, 2.05) is 0 Å². The van der Waals surface area contributed by atoms with Gasteiger partial charge in [0.15, 0.2) is 0 Å². The van der Waals surface area contributed by atoms with Gasteiger partial charge in [0.05, 0.1) is 30.0 Å². The number of nitriles is 1. The Morgan fingerprint density at radius 1 is 1.33 bits per heavy atom. The monoisotopic (exact) mass is 405 g/mol. The third-order valence-corrected chi connectivity index (χ3v) is 7.23. The van der Waals surface area contributed by atoms with Crippen LogP contribution in [0.25, 0.3) is 0 Å². The number of aromatic nitrogens is 3. The van der Waals surface area contributed by atoms with Gasteiger partial charge in [-0.25, -0.2) is 4.68 Å². The molecule has 0 unspecified atom stereocenters. The second-order valence-electron chi connectivity index (χ2n) is 8.89. The Hall–Kier alpha value is -2.72. The summed E-state index contributed by atoms with van der Waals surface area (Å²) in [4.78, 5) is 12.7. The number of ether oxygens (including phenoxy) is 1. The molecular formula is C23H27N5O2. The molecule has 7 nitrogen and oxygen atoms in total. The van der Waals surface area contributed by atoms with E-state index < -0.39 is 0 Å². The van der Waals surface area contributed by atoms with Crippen LogP contribution in [0.4, 0.5) is 0 Å². The van der Waals surface area contributed by atoms with Crippen molar-refractivity contribution in [3.63, 3.8) is 0 Å². The fraction of sp³-hybridized carbons (Fsp3) is 0.565. The summed E-state index contributed by atoms with van der Waals surface area (Å²) in [5.41, 5.74) is 2.24. The van der Waals surface area contributed by atoms with Crippen molar-refractivity contribution in [2.75, 3.05) is 13.2 Å². The molecule has 1 aromatic carbocycles. The molecule has 7 heteroatoms. The first kappa shape index (κ1) is 19.3. The maximum Gasteiger partial charge on any atom is 0.251 e. The maximum atomic E-state index is 12.7. The molecule has 4 atom stereocenters. The first-order valence-electron chi connectivity index (χ1n) is 11.0. The third-order valence-electron chi connectivity index (χ3n) is 7.23. The molecule has 2 aliphatic carbocycles. The van der Waals surface area contributed by atoms with Crippen LogP contribution in [-0.4, -0.2) is 40.2 Å². The van der Waals surface area contributed by atoms with E-state index in [0.29, 0.717) is 40.8 Å². The van der Waals surface area contributed by atoms with Crippen molar-refractivity contribution < 1.29 is 9.53 Å². The minimum absolute atomic E-state index is 0.0486. The SMILES string of the molecule is CC[C@@H](NC(=O)c1ccc(C#N)cc1)C1[C@@H]2CC(n3cc([C@H]4CCOC4)nn3)C[C@@H]12. The molecular weight excluding hydrogens is 378 g/mol. The smallest absolute Gasteiger partial charge is 0.251 e. The molecule has 1 aliphatic heterocycles. The number of benzene rings is 1. The number of carbonyl (C=O) groups is 1. The zero-order valence-corrected chi connectivity index (χ0v) is 17.2. The van der Waals surface area contributed by atoms with Crippen molar-refractivity contribution in [3.8, 4) is 6.07 Å². The summed E-state index contributed by atoms with van der Waals surface area (Å²) in [6.07, 6.45) is 6.31. The van der Waals surface area contributed by atoms with Crippen LogP contribution < -0.4 is 5.32 Å². The summed E-state index contributed by atoms with van der Waals surface area (Å²) in [6, 6.07) is 9.54. The Kier molecular flexibility index (Phi) is 5.03. The van der Waals surface area contributed by atoms with Gasteiger partial charge in [0.25, 0.3) is 5.91 Å². The van der Waals surface area contributed by atoms with Gasteiger partial charge in [-0.2, -0.15) is 5.26 Å². The molecule has 0 spiro atoms. The molecule has 3 aliphatic rings. The highest BCUT2D eigenvalue weighted by Gasteiger charge is 2.59. The Morgan fingerprint density at radius 3 is 2.73 bits per heavy atom. The molecule has 1 saturated heterocycles. The Bertz CT molecular complexity index is 945. The van der Waals surface area contributed by atoms with Gasteiger partial charge in [-0.05, 0) is 67.7 Å². The van der Waals surface area contributed by atoms with Gasteiger partial charge in [0.1, 0.15) is 0 Å². The van der Waals surface area contributed by atoms with E-state index in [0.717, 1.165) is 44.6 Å². The van der Waals surface area contributed by atoms with Gasteiger partial charge in [-0.15, -0.1) is 5.10 Å². The van der Waals surface area contributed by atoms with E-state index in [9.17, 15) is 4.79 Å². The van der Waals surface area contributed by atoms with Gasteiger partial charge >= 0.3 is 0 Å². The summed E-state index contributed by atoms with van der Waals surface area (Å²) < 4.78 is 7.54. The summed E-state index contributed by atoms with van der Waals surface area (Å²) >= 11 is 0. The van der Waals surface area contributed by atoms with E-state index >= 15 is 0 Å². The molecule has 1 amide bonds. The van der Waals surface area contributed by atoms with Crippen LogP contribution in [0.15, 0.2) is 30.5 Å². The second-order valence-corrected chi connectivity index (χ2v) is 8.89. The number of fused-ring (bicyclic) bond motifs is 1. The zero-order valence-electron chi connectivity index (χ0n) is 17.2. The lowest BCUT2D eigenvalue weighted by atomic mass is 9.99. The van der Waals surface area contributed by atoms with Crippen LogP contribution in [0.1, 0.15) is 66.2 Å². The van der Waals surface area contributed by atoms with Gasteiger partial charge < -0.3 is 10.1 Å². The molecule has 1 N–H and O–H groups in total. The summed E-state index contributed by atoms with van der Waals surface area (Å²) in [6.45, 7) is 3.72. The maximum absolute atomic E-state index is 12.7. The van der Waals surface area contributed by atoms with Crippen LogP contribution in [0, 0.1) is 29.1 Å². The first-order valence-corrected chi connectivity index (χ1v) is 11.0. The molecule has 2 heterocycles. The average Bonchev–Trinajstić information content (AvgIpc) is 3.31. The van der Waals surface area contributed by atoms with Gasteiger partial charge in [-0.1, -0.05) is 12.1 Å². The summed E-state index contributed by atoms with van der Waals surface area (Å²) in [5.74, 6) is 2.21. The normalized spacial score (nSPS) is 28.7. The predicted molar refractivity (Wildman–Crippen MR) is 110 cm³/mol. The number of carbonyl (C=O) groups excluding carboxylic acids is 1. The van der Waals surface area contributed by atoms with E-state index in [2.05, 4.69) is 39.5 Å². The quantitative estimate of drug-likeness (QED) is 0.797. The Balaban J connectivity index is 1.17. The molecule has 0 radical (unpaired) electrons. The topological polar surface area (TPSA) is 92.8 Å². The van der Waals surface area contributed by atoms with Crippen molar-refractivity contribution in [3.05, 3.63) is 47.3 Å². The van der Waals surface area contributed by atoms with Crippen molar-refractivity contribution in [1.29, 1.82) is 5.26 Å². The van der Waals surface area contributed by atoms with Crippen molar-refractivity contribution in [1.82, 2.24) is 20.3 Å². The molecule has 5 rings (SSSR count). The van der Waals surface area contributed by atoms with E-state index in [4.69, 9.17) is 10.00 Å². The fourth-order valence-corrected chi connectivity index (χ4v) is 5.52. The van der Waals surface area contributed by atoms with Crippen molar-refractivity contribution >= 4 is 5.91 Å². The molecule has 30 heavy (non-hydrogen) atoms. The average molecular weight is 406 g/mol. The van der Waals surface area contributed by atoms with Crippen molar-refractivity contribution in [2.45, 2.75) is 50.6 Å². The van der Waals surface area contributed by atoms with E-state index in [1.165, 1.54) is 0 Å². The largest absolute Gasteiger partial charge is 0.381 e. The van der Waals surface area contributed by atoms with Crippen molar-refractivity contribution in [2.24, 2.45) is 17.8 Å². The number of nitrogens with one attached hydrogen (secondary N) is 1. The number of hydrogen-bond acceptors (Lipinski definition) is 5. The third kappa shape index (κ3) is 3.50. The molecule has 156 valence electrons. The molecule has 1 aromatic heterocycles. The number of hydrogen-bond donors (Lipinski definition) is 1.